The van der Waals surface area contributed by atoms with Crippen molar-refractivity contribution in [2.24, 2.45) is 7.05 Å². The lowest BCUT2D eigenvalue weighted by Gasteiger charge is -2.25. The third-order valence-electron chi connectivity index (χ3n) is 3.13. The number of aliphatic hydroxyl groups is 1. The Kier molecular flexibility index (Phi) is 3.56. The first-order valence-electron chi connectivity index (χ1n) is 5.80. The van der Waals surface area contributed by atoms with Gasteiger partial charge in [-0.25, -0.2) is 13.1 Å². The van der Waals surface area contributed by atoms with Gasteiger partial charge in [0.15, 0.2) is 0 Å². The van der Waals surface area contributed by atoms with Crippen molar-refractivity contribution in [3.8, 4) is 0 Å². The molecule has 1 aliphatic carbocycles. The van der Waals surface area contributed by atoms with Crippen LogP contribution in [0.3, 0.4) is 0 Å². The molecular formula is C11H18N2O3S. The molecular weight excluding hydrogens is 240 g/mol. The first-order chi connectivity index (χ1) is 7.97. The maximum atomic E-state index is 12.0. The number of rotatable bonds is 3. The molecule has 0 amide bonds. The van der Waals surface area contributed by atoms with E-state index in [-0.39, 0.29) is 12.1 Å². The summed E-state index contributed by atoms with van der Waals surface area (Å²) in [4.78, 5) is 0.297. The lowest BCUT2D eigenvalue weighted by molar-refractivity contribution is 0.120. The van der Waals surface area contributed by atoms with Gasteiger partial charge in [-0.15, -0.1) is 0 Å². The van der Waals surface area contributed by atoms with Crippen molar-refractivity contribution in [2.75, 3.05) is 0 Å². The van der Waals surface area contributed by atoms with Gasteiger partial charge in [-0.3, -0.25) is 0 Å². The zero-order valence-electron chi connectivity index (χ0n) is 9.83. The minimum absolute atomic E-state index is 0.0522. The van der Waals surface area contributed by atoms with Gasteiger partial charge in [0.25, 0.3) is 0 Å². The highest BCUT2D eigenvalue weighted by Crippen LogP contribution is 2.20. The second kappa shape index (κ2) is 4.80. The van der Waals surface area contributed by atoms with E-state index < -0.39 is 10.0 Å². The summed E-state index contributed by atoms with van der Waals surface area (Å²) in [6.07, 6.45) is 5.76. The molecule has 0 spiro atoms. The van der Waals surface area contributed by atoms with E-state index in [1.165, 1.54) is 0 Å². The standard InChI is InChI=1S/C11H18N2O3S/c1-13-7-6-11(8-13)17(15,16)12-9-2-4-10(14)5-3-9/h6-10,12,14H,2-5H2,1H3. The largest absolute Gasteiger partial charge is 0.393 e. The Morgan fingerprint density at radius 1 is 1.35 bits per heavy atom. The highest BCUT2D eigenvalue weighted by Gasteiger charge is 2.25. The van der Waals surface area contributed by atoms with Crippen molar-refractivity contribution in [3.63, 3.8) is 0 Å². The predicted octanol–water partition coefficient (Wildman–Crippen LogP) is 0.607. The van der Waals surface area contributed by atoms with Gasteiger partial charge in [-0.1, -0.05) is 0 Å². The molecule has 6 heteroatoms. The molecule has 0 atom stereocenters. The fourth-order valence-electron chi connectivity index (χ4n) is 2.12. The fourth-order valence-corrected chi connectivity index (χ4v) is 3.47. The highest BCUT2D eigenvalue weighted by molar-refractivity contribution is 7.89. The first kappa shape index (κ1) is 12.6. The zero-order chi connectivity index (χ0) is 12.5. The topological polar surface area (TPSA) is 71.3 Å². The van der Waals surface area contributed by atoms with Crippen LogP contribution in [0.2, 0.25) is 0 Å². The molecule has 17 heavy (non-hydrogen) atoms. The average Bonchev–Trinajstić information content (AvgIpc) is 2.69. The number of nitrogens with one attached hydrogen (secondary N) is 1. The first-order valence-corrected chi connectivity index (χ1v) is 7.28. The molecule has 1 saturated carbocycles. The third kappa shape index (κ3) is 3.08. The second-order valence-corrected chi connectivity index (χ2v) is 6.35. The van der Waals surface area contributed by atoms with Crippen molar-refractivity contribution < 1.29 is 13.5 Å². The summed E-state index contributed by atoms with van der Waals surface area (Å²) in [5, 5.41) is 9.37. The number of sulfonamides is 1. The lowest BCUT2D eigenvalue weighted by atomic mass is 9.94. The SMILES string of the molecule is Cn1ccc(S(=O)(=O)NC2CCC(O)CC2)c1. The molecule has 2 rings (SSSR count). The van der Waals surface area contributed by atoms with E-state index in [4.69, 9.17) is 0 Å². The van der Waals surface area contributed by atoms with E-state index in [0.717, 1.165) is 0 Å². The van der Waals surface area contributed by atoms with Crippen molar-refractivity contribution in [3.05, 3.63) is 18.5 Å². The summed E-state index contributed by atoms with van der Waals surface area (Å²) in [6, 6.07) is 1.53. The lowest BCUT2D eigenvalue weighted by Crippen LogP contribution is -2.38. The molecule has 5 nitrogen and oxygen atoms in total. The van der Waals surface area contributed by atoms with Crippen LogP contribution in [0.1, 0.15) is 25.7 Å². The molecule has 0 unspecified atom stereocenters. The number of hydrogen-bond acceptors (Lipinski definition) is 3. The molecule has 2 N–H and O–H groups in total. The Labute approximate surface area is 102 Å². The van der Waals surface area contributed by atoms with Gasteiger partial charge in [0.2, 0.25) is 10.0 Å². The number of aryl methyl sites for hydroxylation is 1. The Hall–Kier alpha value is -0.850. The van der Waals surface area contributed by atoms with Gasteiger partial charge in [0.1, 0.15) is 0 Å². The van der Waals surface area contributed by atoms with Crippen LogP contribution in [0.4, 0.5) is 0 Å². The zero-order valence-corrected chi connectivity index (χ0v) is 10.7. The Morgan fingerprint density at radius 2 is 2.00 bits per heavy atom. The summed E-state index contributed by atoms with van der Waals surface area (Å²) in [5.41, 5.74) is 0. The number of aromatic nitrogens is 1. The maximum Gasteiger partial charge on any atom is 0.242 e. The quantitative estimate of drug-likeness (QED) is 0.834. The van der Waals surface area contributed by atoms with Crippen molar-refractivity contribution in [2.45, 2.75) is 42.7 Å². The van der Waals surface area contributed by atoms with Crippen LogP contribution in [-0.4, -0.2) is 30.2 Å². The molecule has 0 aliphatic heterocycles. The smallest absolute Gasteiger partial charge is 0.242 e. The van der Waals surface area contributed by atoms with E-state index in [9.17, 15) is 13.5 Å². The van der Waals surface area contributed by atoms with E-state index >= 15 is 0 Å². The monoisotopic (exact) mass is 258 g/mol. The van der Waals surface area contributed by atoms with Gasteiger partial charge in [-0.2, -0.15) is 0 Å². The van der Waals surface area contributed by atoms with Gasteiger partial charge in [0, 0.05) is 25.5 Å². The van der Waals surface area contributed by atoms with Crippen LogP contribution in [-0.2, 0) is 17.1 Å². The molecule has 96 valence electrons. The van der Waals surface area contributed by atoms with Crippen LogP contribution in [0.15, 0.2) is 23.4 Å². The Bertz CT molecular complexity index is 473. The third-order valence-corrected chi connectivity index (χ3v) is 4.64. The van der Waals surface area contributed by atoms with E-state index in [1.807, 2.05) is 0 Å². The van der Waals surface area contributed by atoms with Crippen LogP contribution < -0.4 is 4.72 Å². The minimum atomic E-state index is -3.41. The molecule has 1 aromatic heterocycles. The van der Waals surface area contributed by atoms with E-state index in [0.29, 0.717) is 30.6 Å². The van der Waals surface area contributed by atoms with E-state index in [1.54, 1.807) is 30.1 Å². The molecule has 0 bridgehead atoms. The van der Waals surface area contributed by atoms with E-state index in [2.05, 4.69) is 4.72 Å². The van der Waals surface area contributed by atoms with Crippen LogP contribution >= 0.6 is 0 Å². The number of aliphatic hydroxyl groups excluding tert-OH is 1. The van der Waals surface area contributed by atoms with Crippen LogP contribution in [0.5, 0.6) is 0 Å². The summed E-state index contributed by atoms with van der Waals surface area (Å²) >= 11 is 0. The van der Waals surface area contributed by atoms with Crippen molar-refractivity contribution in [1.29, 1.82) is 0 Å². The predicted molar refractivity (Wildman–Crippen MR) is 64.0 cm³/mol. The summed E-state index contributed by atoms with van der Waals surface area (Å²) in [7, 11) is -1.62. The fraction of sp³-hybridized carbons (Fsp3) is 0.636. The summed E-state index contributed by atoms with van der Waals surface area (Å²) in [5.74, 6) is 0. The van der Waals surface area contributed by atoms with Gasteiger partial charge >= 0.3 is 0 Å². The molecule has 1 aromatic rings. The molecule has 1 heterocycles. The summed E-state index contributed by atoms with van der Waals surface area (Å²) in [6.45, 7) is 0. The Morgan fingerprint density at radius 3 is 2.53 bits per heavy atom. The second-order valence-electron chi connectivity index (χ2n) is 4.64. The molecule has 1 fully saturated rings. The molecule has 0 aromatic carbocycles. The Balaban J connectivity index is 2.03. The highest BCUT2D eigenvalue weighted by atomic mass is 32.2. The normalized spacial score (nSPS) is 26.0. The number of hydrogen-bond donors (Lipinski definition) is 2. The minimum Gasteiger partial charge on any atom is -0.393 e. The van der Waals surface area contributed by atoms with Crippen LogP contribution in [0.25, 0.3) is 0 Å². The van der Waals surface area contributed by atoms with Gasteiger partial charge in [0.05, 0.1) is 11.0 Å². The average molecular weight is 258 g/mol. The summed E-state index contributed by atoms with van der Waals surface area (Å²) < 4.78 is 28.4. The van der Waals surface area contributed by atoms with Crippen molar-refractivity contribution in [1.82, 2.24) is 9.29 Å². The van der Waals surface area contributed by atoms with Crippen LogP contribution in [0, 0.1) is 0 Å². The maximum absolute atomic E-state index is 12.0. The van der Waals surface area contributed by atoms with Gasteiger partial charge < -0.3 is 9.67 Å². The molecule has 1 aliphatic rings. The molecule has 0 radical (unpaired) electrons. The van der Waals surface area contributed by atoms with Crippen molar-refractivity contribution >= 4 is 10.0 Å². The van der Waals surface area contributed by atoms with Gasteiger partial charge in [-0.05, 0) is 31.7 Å². The number of nitrogens with zero attached hydrogens (tertiary/aromatic N) is 1. The molecule has 0 saturated heterocycles.